The lowest BCUT2D eigenvalue weighted by atomic mass is 10.3. The number of benzene rings is 1. The summed E-state index contributed by atoms with van der Waals surface area (Å²) in [7, 11) is 3.68. The lowest BCUT2D eigenvalue weighted by molar-refractivity contribution is -0.371. The van der Waals surface area contributed by atoms with Crippen LogP contribution in [0.25, 0.3) is 5.43 Å². The smallest absolute Gasteiger partial charge is 0.217 e. The van der Waals surface area contributed by atoms with Gasteiger partial charge in [0.05, 0.1) is 0 Å². The normalized spacial score (nSPS) is 10.1. The molecule has 1 aromatic rings. The molecule has 96 valence electrons. The summed E-state index contributed by atoms with van der Waals surface area (Å²) in [5, 5.41) is 2.90. The molecule has 0 saturated carbocycles. The zero-order valence-electron chi connectivity index (χ0n) is 10.8. The number of rotatable bonds is 6. The van der Waals surface area contributed by atoms with Gasteiger partial charge in [-0.1, -0.05) is 19.8 Å². The SMILES string of the molecule is C=C([N-][N+](=C)c1ccc(N)cc1)N(C)C=CNC. The summed E-state index contributed by atoms with van der Waals surface area (Å²) in [6, 6.07) is 7.30. The first kappa shape index (κ1) is 13.6. The average molecular weight is 245 g/mol. The van der Waals surface area contributed by atoms with Crippen LogP contribution in [0.5, 0.6) is 0 Å². The highest BCUT2D eigenvalue weighted by Crippen LogP contribution is 2.19. The van der Waals surface area contributed by atoms with E-state index in [9.17, 15) is 0 Å². The van der Waals surface area contributed by atoms with Crippen molar-refractivity contribution in [1.29, 1.82) is 0 Å². The van der Waals surface area contributed by atoms with Crippen molar-refractivity contribution in [3.8, 4) is 0 Å². The van der Waals surface area contributed by atoms with Gasteiger partial charge in [-0.3, -0.25) is 0 Å². The molecule has 0 aliphatic carbocycles. The molecule has 0 saturated heterocycles. The first-order valence-electron chi connectivity index (χ1n) is 5.48. The average Bonchev–Trinajstić information content (AvgIpc) is 2.36. The number of nitrogens with two attached hydrogens (primary N) is 1. The van der Waals surface area contributed by atoms with Gasteiger partial charge in [-0.2, -0.15) is 10.1 Å². The molecule has 0 aromatic heterocycles. The third-order valence-corrected chi connectivity index (χ3v) is 2.30. The summed E-state index contributed by atoms with van der Waals surface area (Å²) >= 11 is 0. The van der Waals surface area contributed by atoms with E-state index in [0.717, 1.165) is 5.69 Å². The van der Waals surface area contributed by atoms with Crippen LogP contribution in [0.15, 0.2) is 49.1 Å². The molecule has 3 N–H and O–H groups in total. The van der Waals surface area contributed by atoms with E-state index < -0.39 is 0 Å². The third kappa shape index (κ3) is 3.86. The van der Waals surface area contributed by atoms with Gasteiger partial charge in [0, 0.05) is 24.9 Å². The third-order valence-electron chi connectivity index (χ3n) is 2.30. The highest BCUT2D eigenvalue weighted by molar-refractivity contribution is 5.46. The lowest BCUT2D eigenvalue weighted by Crippen LogP contribution is -2.12. The van der Waals surface area contributed by atoms with Crippen LogP contribution in [0.1, 0.15) is 0 Å². The standard InChI is InChI=1S/C13H19N5/c1-11(17(3)10-9-15-2)16-18(4)13-7-5-12(14)6-8-13/h5-10,15H,1,4,14H2,2-3H3. The van der Waals surface area contributed by atoms with Crippen molar-refractivity contribution in [2.75, 3.05) is 19.8 Å². The van der Waals surface area contributed by atoms with Crippen molar-refractivity contribution < 1.29 is 4.68 Å². The minimum Gasteiger partial charge on any atom is -0.447 e. The maximum Gasteiger partial charge on any atom is 0.217 e. The molecule has 1 rings (SSSR count). The summed E-state index contributed by atoms with van der Waals surface area (Å²) in [6.07, 6.45) is 3.61. The second-order valence-corrected chi connectivity index (χ2v) is 3.72. The first-order chi connectivity index (χ1) is 8.54. The predicted octanol–water partition coefficient (Wildman–Crippen LogP) is 2.00. The van der Waals surface area contributed by atoms with E-state index in [1.165, 1.54) is 4.68 Å². The minimum atomic E-state index is 0.577. The second-order valence-electron chi connectivity index (χ2n) is 3.72. The number of nitrogen functional groups attached to an aromatic ring is 1. The summed E-state index contributed by atoms with van der Waals surface area (Å²) in [5.74, 6) is 0.577. The fraction of sp³-hybridized carbons (Fsp3) is 0.154. The maximum absolute atomic E-state index is 5.62. The molecule has 0 bridgehead atoms. The minimum absolute atomic E-state index is 0.577. The Hall–Kier alpha value is -2.43. The van der Waals surface area contributed by atoms with E-state index in [-0.39, 0.29) is 0 Å². The predicted molar refractivity (Wildman–Crippen MR) is 76.4 cm³/mol. The molecule has 0 atom stereocenters. The van der Waals surface area contributed by atoms with Crippen LogP contribution in [-0.2, 0) is 0 Å². The monoisotopic (exact) mass is 245 g/mol. The van der Waals surface area contributed by atoms with Crippen molar-refractivity contribution in [3.05, 3.63) is 54.5 Å². The van der Waals surface area contributed by atoms with Crippen molar-refractivity contribution in [1.82, 2.24) is 10.2 Å². The Bertz CT molecular complexity index is 447. The Labute approximate surface area is 108 Å². The Morgan fingerprint density at radius 1 is 1.44 bits per heavy atom. The van der Waals surface area contributed by atoms with Gasteiger partial charge in [-0.25, -0.2) is 0 Å². The van der Waals surface area contributed by atoms with Crippen LogP contribution < -0.4 is 11.1 Å². The molecule has 0 fully saturated rings. The summed E-state index contributed by atoms with van der Waals surface area (Å²) in [6.45, 7) is 7.70. The number of anilines is 1. The molecule has 0 radical (unpaired) electrons. The highest BCUT2D eigenvalue weighted by atomic mass is 15.5. The Balaban J connectivity index is 2.62. The fourth-order valence-electron chi connectivity index (χ4n) is 1.19. The largest absolute Gasteiger partial charge is 0.447 e. The molecule has 5 heteroatoms. The molecule has 18 heavy (non-hydrogen) atoms. The molecule has 0 aliphatic heterocycles. The fourth-order valence-corrected chi connectivity index (χ4v) is 1.19. The summed E-state index contributed by atoms with van der Waals surface area (Å²) in [4.78, 5) is 1.78. The van der Waals surface area contributed by atoms with Gasteiger partial charge >= 0.3 is 0 Å². The molecule has 5 nitrogen and oxygen atoms in total. The maximum atomic E-state index is 5.62. The van der Waals surface area contributed by atoms with Gasteiger partial charge in [0.2, 0.25) is 5.69 Å². The van der Waals surface area contributed by atoms with Crippen LogP contribution in [-0.4, -0.2) is 30.4 Å². The number of hydrogen-bond donors (Lipinski definition) is 2. The quantitative estimate of drug-likeness (QED) is 0.349. The topological polar surface area (TPSA) is 58.4 Å². The number of nitrogens with zero attached hydrogens (tertiary/aromatic N) is 3. The molecule has 0 unspecified atom stereocenters. The molecule has 0 amide bonds. The van der Waals surface area contributed by atoms with Gasteiger partial charge in [0.1, 0.15) is 6.72 Å². The Morgan fingerprint density at radius 3 is 2.61 bits per heavy atom. The van der Waals surface area contributed by atoms with E-state index in [0.29, 0.717) is 11.5 Å². The van der Waals surface area contributed by atoms with Gasteiger partial charge in [0.15, 0.2) is 0 Å². The summed E-state index contributed by atoms with van der Waals surface area (Å²) in [5.41, 5.74) is 11.4. The zero-order valence-corrected chi connectivity index (χ0v) is 10.8. The van der Waals surface area contributed by atoms with Crippen LogP contribution >= 0.6 is 0 Å². The van der Waals surface area contributed by atoms with Crippen molar-refractivity contribution in [2.24, 2.45) is 0 Å². The van der Waals surface area contributed by atoms with E-state index in [2.05, 4.69) is 24.0 Å². The van der Waals surface area contributed by atoms with Gasteiger partial charge < -0.3 is 16.0 Å². The van der Waals surface area contributed by atoms with E-state index in [1.54, 1.807) is 23.2 Å². The highest BCUT2D eigenvalue weighted by Gasteiger charge is 2.03. The summed E-state index contributed by atoms with van der Waals surface area (Å²) < 4.78 is 1.51. The lowest BCUT2D eigenvalue weighted by Gasteiger charge is -2.25. The number of nitrogens with one attached hydrogen (secondary N) is 1. The molecule has 0 heterocycles. The van der Waals surface area contributed by atoms with Crippen LogP contribution in [0.3, 0.4) is 0 Å². The Morgan fingerprint density at radius 2 is 2.06 bits per heavy atom. The van der Waals surface area contributed by atoms with Crippen LogP contribution in [0, 0.1) is 0 Å². The van der Waals surface area contributed by atoms with Gasteiger partial charge in [-0.05, 0) is 24.2 Å². The molecule has 0 spiro atoms. The van der Waals surface area contributed by atoms with E-state index in [4.69, 9.17) is 5.73 Å². The van der Waals surface area contributed by atoms with E-state index in [1.807, 2.05) is 32.4 Å². The molecular weight excluding hydrogens is 226 g/mol. The van der Waals surface area contributed by atoms with Crippen LogP contribution in [0.4, 0.5) is 11.4 Å². The zero-order chi connectivity index (χ0) is 13.5. The second kappa shape index (κ2) is 6.34. The molecular formula is C13H19N5. The van der Waals surface area contributed by atoms with E-state index >= 15 is 0 Å². The molecule has 1 aromatic carbocycles. The number of hydrogen-bond acceptors (Lipinski definition) is 3. The Kier molecular flexibility index (Phi) is 4.80. The van der Waals surface area contributed by atoms with Crippen molar-refractivity contribution in [3.63, 3.8) is 0 Å². The first-order valence-corrected chi connectivity index (χ1v) is 5.48. The van der Waals surface area contributed by atoms with Crippen LogP contribution in [0.2, 0.25) is 0 Å². The van der Waals surface area contributed by atoms with Crippen molar-refractivity contribution >= 4 is 18.1 Å². The van der Waals surface area contributed by atoms with Crippen molar-refractivity contribution in [2.45, 2.75) is 0 Å². The van der Waals surface area contributed by atoms with Gasteiger partial charge in [0.25, 0.3) is 0 Å². The van der Waals surface area contributed by atoms with Gasteiger partial charge in [-0.15, -0.1) is 0 Å². The molecule has 0 aliphatic rings.